The van der Waals surface area contributed by atoms with Gasteiger partial charge in [-0.1, -0.05) is 31.2 Å². The van der Waals surface area contributed by atoms with Gasteiger partial charge in [0.1, 0.15) is 12.4 Å². The third-order valence-electron chi connectivity index (χ3n) is 2.53. The summed E-state index contributed by atoms with van der Waals surface area (Å²) in [6.45, 7) is 4.72. The zero-order chi connectivity index (χ0) is 11.8. The van der Waals surface area contributed by atoms with Crippen LogP contribution in [0, 0.1) is 0 Å². The Labute approximate surface area is 98.1 Å². The molecule has 0 aliphatic heterocycles. The lowest BCUT2D eigenvalue weighted by Gasteiger charge is -2.09. The average molecular weight is 219 g/mol. The molecule has 0 fully saturated rings. The number of ether oxygens (including phenoxy) is 1. The van der Waals surface area contributed by atoms with Gasteiger partial charge in [0.25, 0.3) is 0 Å². The number of hydrogen-bond donors (Lipinski definition) is 1. The highest BCUT2D eigenvalue weighted by molar-refractivity contribution is 5.27. The lowest BCUT2D eigenvalue weighted by Crippen LogP contribution is -2.21. The molecule has 0 saturated carbocycles. The summed E-state index contributed by atoms with van der Waals surface area (Å²) in [6.07, 6.45) is 5.92. The van der Waals surface area contributed by atoms with Crippen molar-refractivity contribution in [1.29, 1.82) is 0 Å². The van der Waals surface area contributed by atoms with Crippen molar-refractivity contribution < 1.29 is 4.74 Å². The molecule has 1 rings (SSSR count). The molecule has 0 spiro atoms. The van der Waals surface area contributed by atoms with E-state index in [-0.39, 0.29) is 6.04 Å². The molecule has 1 aromatic rings. The van der Waals surface area contributed by atoms with Crippen LogP contribution in [0.2, 0.25) is 0 Å². The topological polar surface area (TPSA) is 35.2 Å². The van der Waals surface area contributed by atoms with Crippen molar-refractivity contribution in [2.75, 3.05) is 6.61 Å². The molecule has 1 unspecified atom stereocenters. The zero-order valence-electron chi connectivity index (χ0n) is 10.1. The first-order valence-electron chi connectivity index (χ1n) is 5.84. The Morgan fingerprint density at radius 1 is 1.31 bits per heavy atom. The first-order chi connectivity index (χ1) is 7.76. The van der Waals surface area contributed by atoms with Crippen molar-refractivity contribution in [3.05, 3.63) is 42.0 Å². The Morgan fingerprint density at radius 3 is 2.56 bits per heavy atom. The summed E-state index contributed by atoms with van der Waals surface area (Å²) in [5.41, 5.74) is 7.17. The number of nitrogens with two attached hydrogens (primary N) is 1. The average Bonchev–Trinajstić information content (AvgIpc) is 2.31. The van der Waals surface area contributed by atoms with Gasteiger partial charge in [-0.15, -0.1) is 0 Å². The van der Waals surface area contributed by atoms with Gasteiger partial charge in [-0.3, -0.25) is 0 Å². The number of allylic oxidation sites excluding steroid dienone is 1. The van der Waals surface area contributed by atoms with Crippen LogP contribution >= 0.6 is 0 Å². The molecular formula is C14H21NO. The van der Waals surface area contributed by atoms with E-state index in [2.05, 4.69) is 19.1 Å². The molecule has 0 aliphatic carbocycles. The third kappa shape index (κ3) is 4.49. The van der Waals surface area contributed by atoms with Crippen molar-refractivity contribution in [3.63, 3.8) is 0 Å². The SMILES string of the molecule is C/C=C/COc1ccc(CC(N)CC)cc1. The predicted octanol–water partition coefficient (Wildman–Crippen LogP) is 2.92. The fourth-order valence-corrected chi connectivity index (χ4v) is 1.41. The fraction of sp³-hybridized carbons (Fsp3) is 0.429. The second kappa shape index (κ2) is 7.07. The first kappa shape index (κ1) is 12.8. The fourth-order valence-electron chi connectivity index (χ4n) is 1.41. The van der Waals surface area contributed by atoms with Crippen molar-refractivity contribution in [1.82, 2.24) is 0 Å². The minimum Gasteiger partial charge on any atom is -0.490 e. The summed E-state index contributed by atoms with van der Waals surface area (Å²) in [6, 6.07) is 8.43. The van der Waals surface area contributed by atoms with E-state index >= 15 is 0 Å². The molecule has 2 N–H and O–H groups in total. The summed E-state index contributed by atoms with van der Waals surface area (Å²) in [5, 5.41) is 0. The highest BCUT2D eigenvalue weighted by atomic mass is 16.5. The lowest BCUT2D eigenvalue weighted by atomic mass is 10.0. The summed E-state index contributed by atoms with van der Waals surface area (Å²) in [5.74, 6) is 0.909. The van der Waals surface area contributed by atoms with Crippen LogP contribution in [0.4, 0.5) is 0 Å². The van der Waals surface area contributed by atoms with Crippen molar-refractivity contribution in [3.8, 4) is 5.75 Å². The van der Waals surface area contributed by atoms with Crippen LogP contribution in [-0.2, 0) is 6.42 Å². The minimum atomic E-state index is 0.259. The third-order valence-corrected chi connectivity index (χ3v) is 2.53. The van der Waals surface area contributed by atoms with Gasteiger partial charge in [-0.2, -0.15) is 0 Å². The maximum absolute atomic E-state index is 5.90. The predicted molar refractivity (Wildman–Crippen MR) is 68.7 cm³/mol. The van der Waals surface area contributed by atoms with Gasteiger partial charge in [0.05, 0.1) is 0 Å². The van der Waals surface area contributed by atoms with Gasteiger partial charge in [-0.05, 0) is 37.5 Å². The summed E-state index contributed by atoms with van der Waals surface area (Å²) in [7, 11) is 0. The van der Waals surface area contributed by atoms with Crippen LogP contribution in [0.25, 0.3) is 0 Å². The van der Waals surface area contributed by atoms with Crippen molar-refractivity contribution in [2.45, 2.75) is 32.7 Å². The molecule has 1 atom stereocenters. The molecule has 0 radical (unpaired) electrons. The van der Waals surface area contributed by atoms with Crippen LogP contribution in [-0.4, -0.2) is 12.6 Å². The van der Waals surface area contributed by atoms with Gasteiger partial charge < -0.3 is 10.5 Å². The van der Waals surface area contributed by atoms with E-state index in [1.165, 1.54) is 5.56 Å². The standard InChI is InChI=1S/C14H21NO/c1-3-5-10-16-14-8-6-12(7-9-14)11-13(15)4-2/h3,5-9,13H,4,10-11,15H2,1-2H3/b5-3+. The van der Waals surface area contributed by atoms with E-state index in [4.69, 9.17) is 10.5 Å². The molecule has 0 amide bonds. The monoisotopic (exact) mass is 219 g/mol. The highest BCUT2D eigenvalue weighted by Crippen LogP contribution is 2.13. The van der Waals surface area contributed by atoms with E-state index in [0.717, 1.165) is 18.6 Å². The molecule has 0 bridgehead atoms. The largest absolute Gasteiger partial charge is 0.490 e. The van der Waals surface area contributed by atoms with Crippen LogP contribution in [0.5, 0.6) is 5.75 Å². The highest BCUT2D eigenvalue weighted by Gasteiger charge is 2.01. The van der Waals surface area contributed by atoms with E-state index in [9.17, 15) is 0 Å². The number of benzene rings is 1. The Kier molecular flexibility index (Phi) is 5.65. The smallest absolute Gasteiger partial charge is 0.119 e. The Balaban J connectivity index is 2.47. The first-order valence-corrected chi connectivity index (χ1v) is 5.84. The van der Waals surface area contributed by atoms with E-state index in [1.807, 2.05) is 31.2 Å². The van der Waals surface area contributed by atoms with Gasteiger partial charge in [0.15, 0.2) is 0 Å². The van der Waals surface area contributed by atoms with Crippen LogP contribution in [0.1, 0.15) is 25.8 Å². The molecule has 16 heavy (non-hydrogen) atoms. The Hall–Kier alpha value is -1.28. The van der Waals surface area contributed by atoms with Gasteiger partial charge >= 0.3 is 0 Å². The second-order valence-electron chi connectivity index (χ2n) is 3.90. The van der Waals surface area contributed by atoms with Gasteiger partial charge in [0.2, 0.25) is 0 Å². The quantitative estimate of drug-likeness (QED) is 0.747. The van der Waals surface area contributed by atoms with E-state index in [0.29, 0.717) is 6.61 Å². The maximum atomic E-state index is 5.90. The molecule has 88 valence electrons. The van der Waals surface area contributed by atoms with E-state index < -0.39 is 0 Å². The summed E-state index contributed by atoms with van der Waals surface area (Å²) in [4.78, 5) is 0. The lowest BCUT2D eigenvalue weighted by molar-refractivity contribution is 0.362. The van der Waals surface area contributed by atoms with Gasteiger partial charge in [0, 0.05) is 6.04 Å². The Bertz CT molecular complexity index is 316. The normalized spacial score (nSPS) is 12.9. The molecule has 2 heteroatoms. The summed E-state index contributed by atoms with van der Waals surface area (Å²) < 4.78 is 5.51. The van der Waals surface area contributed by atoms with Crippen molar-refractivity contribution in [2.24, 2.45) is 5.73 Å². The molecule has 0 heterocycles. The van der Waals surface area contributed by atoms with Crippen LogP contribution in [0.3, 0.4) is 0 Å². The maximum Gasteiger partial charge on any atom is 0.119 e. The molecular weight excluding hydrogens is 198 g/mol. The summed E-state index contributed by atoms with van der Waals surface area (Å²) >= 11 is 0. The molecule has 1 aromatic carbocycles. The minimum absolute atomic E-state index is 0.259. The molecule has 2 nitrogen and oxygen atoms in total. The molecule has 0 saturated heterocycles. The van der Waals surface area contributed by atoms with Crippen LogP contribution in [0.15, 0.2) is 36.4 Å². The zero-order valence-corrected chi connectivity index (χ0v) is 10.1. The van der Waals surface area contributed by atoms with Crippen molar-refractivity contribution >= 4 is 0 Å². The number of hydrogen-bond acceptors (Lipinski definition) is 2. The molecule has 0 aromatic heterocycles. The second-order valence-corrected chi connectivity index (χ2v) is 3.90. The number of rotatable bonds is 6. The molecule has 0 aliphatic rings. The van der Waals surface area contributed by atoms with Crippen LogP contribution < -0.4 is 10.5 Å². The van der Waals surface area contributed by atoms with Gasteiger partial charge in [-0.25, -0.2) is 0 Å². The Morgan fingerprint density at radius 2 is 2.00 bits per heavy atom. The van der Waals surface area contributed by atoms with E-state index in [1.54, 1.807) is 0 Å².